The molecule has 0 aromatic heterocycles. The van der Waals surface area contributed by atoms with Crippen LogP contribution in [0.25, 0.3) is 0 Å². The molecule has 1 fully saturated rings. The number of rotatable bonds is 7. The van der Waals surface area contributed by atoms with E-state index >= 15 is 0 Å². The molecule has 2 atom stereocenters. The summed E-state index contributed by atoms with van der Waals surface area (Å²) in [6.07, 6.45) is 0. The number of likely N-dealkylation sites (tertiary alicyclic amines) is 1. The number of carbonyl (C=O) groups is 1. The standard InChI is InChI=1S/C17H24F2N2O4/c1-20(5-6-22)7-11-8-21(9-12(11)10-23)17(24)13-3-4-14(25-2)16(19)15(13)18/h3-4,11-12,22-23H,5-10H2,1-2H3/t11-,12-/m1/s1. The molecule has 6 nitrogen and oxygen atoms in total. The third-order valence-corrected chi connectivity index (χ3v) is 4.62. The summed E-state index contributed by atoms with van der Waals surface area (Å²) in [5.41, 5.74) is -0.348. The summed E-state index contributed by atoms with van der Waals surface area (Å²) >= 11 is 0. The van der Waals surface area contributed by atoms with Crippen LogP contribution in [0.3, 0.4) is 0 Å². The predicted molar refractivity (Wildman–Crippen MR) is 87.5 cm³/mol. The van der Waals surface area contributed by atoms with Crippen molar-refractivity contribution >= 4 is 5.91 Å². The second-order valence-corrected chi connectivity index (χ2v) is 6.34. The highest BCUT2D eigenvalue weighted by molar-refractivity contribution is 5.95. The van der Waals surface area contributed by atoms with E-state index in [4.69, 9.17) is 9.84 Å². The van der Waals surface area contributed by atoms with Gasteiger partial charge in [0.15, 0.2) is 11.6 Å². The van der Waals surface area contributed by atoms with E-state index in [0.29, 0.717) is 19.6 Å². The third-order valence-electron chi connectivity index (χ3n) is 4.62. The zero-order valence-electron chi connectivity index (χ0n) is 14.4. The van der Waals surface area contributed by atoms with Crippen LogP contribution in [0, 0.1) is 23.5 Å². The highest BCUT2D eigenvalue weighted by Gasteiger charge is 2.36. The van der Waals surface area contributed by atoms with Crippen molar-refractivity contribution < 1.29 is 28.5 Å². The van der Waals surface area contributed by atoms with Crippen LogP contribution >= 0.6 is 0 Å². The average Bonchev–Trinajstić information content (AvgIpc) is 2.99. The number of hydrogen-bond acceptors (Lipinski definition) is 5. The quantitative estimate of drug-likeness (QED) is 0.746. The van der Waals surface area contributed by atoms with Gasteiger partial charge in [0.25, 0.3) is 5.91 Å². The molecule has 1 aliphatic rings. The molecule has 1 aromatic carbocycles. The van der Waals surface area contributed by atoms with Crippen LogP contribution in [0.1, 0.15) is 10.4 Å². The van der Waals surface area contributed by atoms with Gasteiger partial charge >= 0.3 is 0 Å². The average molecular weight is 358 g/mol. The molecule has 1 aromatic rings. The first-order chi connectivity index (χ1) is 11.9. The molecule has 2 rings (SSSR count). The largest absolute Gasteiger partial charge is 0.494 e. The van der Waals surface area contributed by atoms with Gasteiger partial charge in [-0.3, -0.25) is 4.79 Å². The van der Waals surface area contributed by atoms with E-state index in [1.165, 1.54) is 24.1 Å². The van der Waals surface area contributed by atoms with Gasteiger partial charge in [-0.2, -0.15) is 4.39 Å². The second kappa shape index (κ2) is 8.55. The van der Waals surface area contributed by atoms with Gasteiger partial charge in [-0.1, -0.05) is 0 Å². The summed E-state index contributed by atoms with van der Waals surface area (Å²) in [5.74, 6) is -3.43. The van der Waals surface area contributed by atoms with Gasteiger partial charge in [-0.05, 0) is 25.1 Å². The van der Waals surface area contributed by atoms with Crippen molar-refractivity contribution in [3.05, 3.63) is 29.3 Å². The number of aliphatic hydroxyl groups excluding tert-OH is 2. The Bertz CT molecular complexity index is 615. The molecule has 140 valence electrons. The van der Waals surface area contributed by atoms with E-state index in [0.717, 1.165) is 0 Å². The maximum Gasteiger partial charge on any atom is 0.256 e. The molecule has 0 spiro atoms. The van der Waals surface area contributed by atoms with Crippen LogP contribution in [0.2, 0.25) is 0 Å². The number of ether oxygens (including phenoxy) is 1. The number of likely N-dealkylation sites (N-methyl/N-ethyl adjacent to an activating group) is 1. The molecule has 0 saturated carbocycles. The van der Waals surface area contributed by atoms with E-state index in [1.54, 1.807) is 0 Å². The molecule has 1 heterocycles. The monoisotopic (exact) mass is 358 g/mol. The van der Waals surface area contributed by atoms with E-state index in [1.807, 2.05) is 11.9 Å². The number of nitrogens with zero attached hydrogens (tertiary/aromatic N) is 2. The number of halogens is 2. The summed E-state index contributed by atoms with van der Waals surface area (Å²) in [6.45, 7) is 1.62. The van der Waals surface area contributed by atoms with Gasteiger partial charge < -0.3 is 24.7 Å². The first-order valence-electron chi connectivity index (χ1n) is 8.14. The van der Waals surface area contributed by atoms with Gasteiger partial charge in [0.05, 0.1) is 19.3 Å². The molecule has 0 bridgehead atoms. The van der Waals surface area contributed by atoms with E-state index in [-0.39, 0.29) is 42.9 Å². The maximum absolute atomic E-state index is 14.2. The first-order valence-corrected chi connectivity index (χ1v) is 8.14. The fourth-order valence-electron chi connectivity index (χ4n) is 3.21. The number of aliphatic hydroxyl groups is 2. The van der Waals surface area contributed by atoms with Gasteiger partial charge in [0.1, 0.15) is 0 Å². The minimum Gasteiger partial charge on any atom is -0.494 e. The Labute approximate surface area is 145 Å². The van der Waals surface area contributed by atoms with Gasteiger partial charge in [-0.15, -0.1) is 0 Å². The lowest BCUT2D eigenvalue weighted by Gasteiger charge is -2.23. The number of carbonyl (C=O) groups excluding carboxylic acids is 1. The molecule has 1 aliphatic heterocycles. The number of amides is 1. The Morgan fingerprint density at radius 1 is 1.28 bits per heavy atom. The van der Waals surface area contributed by atoms with Crippen LogP contribution in [-0.4, -0.2) is 79.5 Å². The van der Waals surface area contributed by atoms with Gasteiger partial charge in [0.2, 0.25) is 5.82 Å². The lowest BCUT2D eigenvalue weighted by molar-refractivity contribution is 0.0773. The summed E-state index contributed by atoms with van der Waals surface area (Å²) in [5, 5.41) is 18.5. The Balaban J connectivity index is 2.14. The molecular formula is C17H24F2N2O4. The van der Waals surface area contributed by atoms with Crippen molar-refractivity contribution in [2.45, 2.75) is 0 Å². The predicted octanol–water partition coefficient (Wildman–Crippen LogP) is 0.578. The van der Waals surface area contributed by atoms with Crippen molar-refractivity contribution in [2.75, 3.05) is 53.6 Å². The highest BCUT2D eigenvalue weighted by atomic mass is 19.2. The maximum atomic E-state index is 14.2. The molecule has 2 N–H and O–H groups in total. The zero-order chi connectivity index (χ0) is 18.6. The lowest BCUT2D eigenvalue weighted by Crippen LogP contribution is -2.33. The number of benzene rings is 1. The molecule has 0 radical (unpaired) electrons. The summed E-state index contributed by atoms with van der Waals surface area (Å²) in [4.78, 5) is 15.9. The van der Waals surface area contributed by atoms with Gasteiger partial charge in [0, 0.05) is 38.7 Å². The third kappa shape index (κ3) is 4.26. The van der Waals surface area contributed by atoms with Crippen LogP contribution < -0.4 is 4.74 Å². The zero-order valence-corrected chi connectivity index (χ0v) is 14.4. The van der Waals surface area contributed by atoms with Crippen LogP contribution in [0.15, 0.2) is 12.1 Å². The van der Waals surface area contributed by atoms with Crippen molar-refractivity contribution in [3.8, 4) is 5.75 Å². The Hall–Kier alpha value is -1.77. The lowest BCUT2D eigenvalue weighted by atomic mass is 9.96. The van der Waals surface area contributed by atoms with Gasteiger partial charge in [-0.25, -0.2) is 4.39 Å². The van der Waals surface area contributed by atoms with Crippen LogP contribution in [-0.2, 0) is 0 Å². The number of methoxy groups -OCH3 is 1. The molecule has 0 unspecified atom stereocenters. The second-order valence-electron chi connectivity index (χ2n) is 6.34. The van der Waals surface area contributed by atoms with E-state index in [2.05, 4.69) is 0 Å². The molecular weight excluding hydrogens is 334 g/mol. The minimum absolute atomic E-state index is 0.00310. The molecule has 0 aliphatic carbocycles. The van der Waals surface area contributed by atoms with E-state index < -0.39 is 17.5 Å². The molecule has 25 heavy (non-hydrogen) atoms. The summed E-state index contributed by atoms with van der Waals surface area (Å²) in [7, 11) is 3.06. The SMILES string of the molecule is COc1ccc(C(=O)N2C[C@@H](CN(C)CCO)[C@@H](CO)C2)c(F)c1F. The molecule has 1 amide bonds. The summed E-state index contributed by atoms with van der Waals surface area (Å²) < 4.78 is 32.7. The van der Waals surface area contributed by atoms with Crippen LogP contribution in [0.4, 0.5) is 8.78 Å². The fourth-order valence-corrected chi connectivity index (χ4v) is 3.21. The normalized spacial score (nSPS) is 20.4. The topological polar surface area (TPSA) is 73.2 Å². The highest BCUT2D eigenvalue weighted by Crippen LogP contribution is 2.28. The Kier molecular flexibility index (Phi) is 6.69. The fraction of sp³-hybridized carbons (Fsp3) is 0.588. The Morgan fingerprint density at radius 3 is 2.56 bits per heavy atom. The van der Waals surface area contributed by atoms with Crippen molar-refractivity contribution in [3.63, 3.8) is 0 Å². The van der Waals surface area contributed by atoms with Crippen molar-refractivity contribution in [1.29, 1.82) is 0 Å². The minimum atomic E-state index is -1.23. The smallest absolute Gasteiger partial charge is 0.256 e. The molecule has 8 heteroatoms. The Morgan fingerprint density at radius 2 is 1.96 bits per heavy atom. The number of hydrogen-bond donors (Lipinski definition) is 2. The molecule has 1 saturated heterocycles. The first kappa shape index (κ1) is 19.6. The van der Waals surface area contributed by atoms with Crippen LogP contribution in [0.5, 0.6) is 5.75 Å². The van der Waals surface area contributed by atoms with Crippen molar-refractivity contribution in [2.24, 2.45) is 11.8 Å². The van der Waals surface area contributed by atoms with E-state index in [9.17, 15) is 18.7 Å². The van der Waals surface area contributed by atoms with Crippen molar-refractivity contribution in [1.82, 2.24) is 9.80 Å². The summed E-state index contributed by atoms with van der Waals surface area (Å²) in [6, 6.07) is 2.43.